The molecule has 4 heterocycles. The number of rotatable bonds is 12. The van der Waals surface area contributed by atoms with Crippen molar-refractivity contribution in [2.45, 2.75) is 49.3 Å². The minimum Gasteiger partial charge on any atom is -0.874 e. The van der Waals surface area contributed by atoms with Gasteiger partial charge in [-0.3, -0.25) is 9.59 Å². The SMILES string of the molecule is CCCCN1/C(=C/C2C(=O)C(c3ccc(/C=C/c4ccc(C5=C([O-])C(/C=C6\Sc7ccccc7N6CCCC)C5=O)s4)s3)=C2[O-])Sc2ccccc21. The van der Waals surface area contributed by atoms with Gasteiger partial charge in [0.1, 0.15) is 0 Å². The molecule has 52 heavy (non-hydrogen) atoms. The number of Topliss-reactive ketones (excluding diaryl/α,β-unsaturated/α-hetero) is 2. The summed E-state index contributed by atoms with van der Waals surface area (Å²) in [7, 11) is 0. The maximum Gasteiger partial charge on any atom is 0.173 e. The number of ketones is 2. The van der Waals surface area contributed by atoms with Crippen LogP contribution >= 0.6 is 46.2 Å². The third-order valence-electron chi connectivity index (χ3n) is 9.64. The van der Waals surface area contributed by atoms with Crippen molar-refractivity contribution in [3.63, 3.8) is 0 Å². The number of benzene rings is 2. The lowest BCUT2D eigenvalue weighted by Gasteiger charge is -2.35. The minimum atomic E-state index is -0.750. The van der Waals surface area contributed by atoms with E-state index < -0.39 is 11.8 Å². The molecule has 8 rings (SSSR count). The summed E-state index contributed by atoms with van der Waals surface area (Å²) >= 11 is 6.07. The van der Waals surface area contributed by atoms with Gasteiger partial charge >= 0.3 is 0 Å². The van der Waals surface area contributed by atoms with Crippen LogP contribution in [0, 0.1) is 11.8 Å². The lowest BCUT2D eigenvalue weighted by molar-refractivity contribution is -0.313. The van der Waals surface area contributed by atoms with Crippen LogP contribution in [0.25, 0.3) is 23.3 Å². The van der Waals surface area contributed by atoms with Crippen LogP contribution in [-0.4, -0.2) is 24.7 Å². The molecule has 2 aromatic carbocycles. The number of nitrogens with zero attached hydrogens (tertiary/aromatic N) is 2. The zero-order chi connectivity index (χ0) is 35.9. The summed E-state index contributed by atoms with van der Waals surface area (Å²) in [6.07, 6.45) is 11.7. The van der Waals surface area contributed by atoms with E-state index in [-0.39, 0.29) is 34.2 Å². The van der Waals surface area contributed by atoms with Gasteiger partial charge in [-0.05, 0) is 85.7 Å². The second-order valence-electron chi connectivity index (χ2n) is 13.1. The van der Waals surface area contributed by atoms with Gasteiger partial charge in [0.2, 0.25) is 0 Å². The molecule has 6 nitrogen and oxygen atoms in total. The molecular weight excluding hydrogens is 725 g/mol. The van der Waals surface area contributed by atoms with E-state index in [2.05, 4.69) is 47.9 Å². The van der Waals surface area contributed by atoms with E-state index in [0.717, 1.165) is 79.8 Å². The monoisotopic (exact) mass is 760 g/mol. The Balaban J connectivity index is 0.944. The van der Waals surface area contributed by atoms with Gasteiger partial charge in [-0.15, -0.1) is 34.2 Å². The highest BCUT2D eigenvalue weighted by atomic mass is 32.2. The molecule has 264 valence electrons. The van der Waals surface area contributed by atoms with E-state index in [4.69, 9.17) is 0 Å². The number of thiophene rings is 2. The number of thioether (sulfide) groups is 2. The molecule has 0 radical (unpaired) electrons. The Kier molecular flexibility index (Phi) is 9.82. The highest BCUT2D eigenvalue weighted by Crippen LogP contribution is 2.50. The van der Waals surface area contributed by atoms with Crippen molar-refractivity contribution in [3.05, 3.63) is 126 Å². The number of hydrogen-bond donors (Lipinski definition) is 0. The molecule has 2 unspecified atom stereocenters. The largest absolute Gasteiger partial charge is 0.874 e. The standard InChI is InChI=1S/C42H38N2O4S4/c1-3-5-21-43-29-11-7-9-13-31(29)51-35(43)23-27-39(45)37(40(27)46)33-19-17-25(49-33)15-16-26-18-20-34(50-26)38-41(47)28(42(38)48)24-36-44(22-6-4-2)30-12-8-10-14-32(30)52-36/h7-20,23-24,27-28,45,47H,3-6,21-22H2,1-2H3/p-2/b16-15+,35-23-,36-24-. The summed E-state index contributed by atoms with van der Waals surface area (Å²) in [5, 5.41) is 28.5. The number of carbonyl (C=O) groups excluding carboxylic acids is 2. The third kappa shape index (κ3) is 6.29. The van der Waals surface area contributed by atoms with E-state index in [1.807, 2.05) is 72.8 Å². The van der Waals surface area contributed by atoms with E-state index in [0.29, 0.717) is 9.75 Å². The molecule has 2 aliphatic carbocycles. The number of anilines is 2. The summed E-state index contributed by atoms with van der Waals surface area (Å²) in [6.45, 7) is 6.01. The summed E-state index contributed by atoms with van der Waals surface area (Å²) in [5.41, 5.74) is 2.83. The lowest BCUT2D eigenvalue weighted by atomic mass is 9.81. The molecule has 2 aromatic heterocycles. The van der Waals surface area contributed by atoms with E-state index in [1.54, 1.807) is 23.5 Å². The predicted octanol–water partition coefficient (Wildman–Crippen LogP) is 9.03. The Bertz CT molecular complexity index is 2080. The fraction of sp³-hybridized carbons (Fsp3) is 0.238. The smallest absolute Gasteiger partial charge is 0.173 e. The molecule has 0 spiro atoms. The zero-order valence-corrected chi connectivity index (χ0v) is 32.1. The molecular formula is C42H36N2O4S4-2. The molecule has 2 aliphatic heterocycles. The minimum absolute atomic E-state index is 0.129. The van der Waals surface area contributed by atoms with Crippen molar-refractivity contribution in [1.82, 2.24) is 0 Å². The zero-order valence-electron chi connectivity index (χ0n) is 28.8. The van der Waals surface area contributed by atoms with Crippen molar-refractivity contribution < 1.29 is 19.8 Å². The lowest BCUT2D eigenvalue weighted by Crippen LogP contribution is -2.36. The van der Waals surface area contributed by atoms with Crippen molar-refractivity contribution in [3.8, 4) is 0 Å². The van der Waals surface area contributed by atoms with Crippen LogP contribution in [0.4, 0.5) is 11.4 Å². The summed E-state index contributed by atoms with van der Waals surface area (Å²) in [4.78, 5) is 36.6. The third-order valence-corrected chi connectivity index (χ3v) is 14.0. The average molecular weight is 761 g/mol. The maximum absolute atomic E-state index is 13.3. The van der Waals surface area contributed by atoms with Gasteiger partial charge in [-0.1, -0.05) is 74.5 Å². The number of para-hydroxylation sites is 2. The second-order valence-corrected chi connectivity index (χ2v) is 17.4. The summed E-state index contributed by atoms with van der Waals surface area (Å²) in [6, 6.07) is 23.9. The highest BCUT2D eigenvalue weighted by molar-refractivity contribution is 8.04. The quantitative estimate of drug-likeness (QED) is 0.142. The highest BCUT2D eigenvalue weighted by Gasteiger charge is 2.37. The maximum atomic E-state index is 13.3. The van der Waals surface area contributed by atoms with Gasteiger partial charge < -0.3 is 20.0 Å². The van der Waals surface area contributed by atoms with Crippen LogP contribution < -0.4 is 20.0 Å². The Morgan fingerprint density at radius 1 is 0.615 bits per heavy atom. The van der Waals surface area contributed by atoms with Gasteiger partial charge in [0.05, 0.1) is 33.3 Å². The first-order valence-corrected chi connectivity index (χ1v) is 20.9. The first-order chi connectivity index (χ1) is 25.4. The topological polar surface area (TPSA) is 86.7 Å². The van der Waals surface area contributed by atoms with Crippen molar-refractivity contribution in [2.75, 3.05) is 22.9 Å². The normalized spacial score (nSPS) is 21.2. The van der Waals surface area contributed by atoms with Crippen LogP contribution in [-0.2, 0) is 9.59 Å². The van der Waals surface area contributed by atoms with Gasteiger partial charge in [-0.2, -0.15) is 0 Å². The number of unbranched alkanes of at least 4 members (excludes halogenated alkanes) is 2. The molecule has 4 aliphatic rings. The Morgan fingerprint density at radius 3 is 1.44 bits per heavy atom. The van der Waals surface area contributed by atoms with Crippen LogP contribution in [0.2, 0.25) is 0 Å². The first kappa shape index (κ1) is 34.8. The molecule has 10 heteroatoms. The van der Waals surface area contributed by atoms with E-state index >= 15 is 0 Å². The molecule has 0 saturated carbocycles. The molecule has 0 fully saturated rings. The van der Waals surface area contributed by atoms with Crippen LogP contribution in [0.1, 0.15) is 59.0 Å². The van der Waals surface area contributed by atoms with E-state index in [1.165, 1.54) is 22.7 Å². The molecule has 4 aromatic rings. The first-order valence-electron chi connectivity index (χ1n) is 17.7. The molecule has 0 saturated heterocycles. The van der Waals surface area contributed by atoms with Crippen molar-refractivity contribution >= 4 is 92.4 Å². The predicted molar refractivity (Wildman–Crippen MR) is 214 cm³/mol. The Hall–Kier alpha value is -4.22. The van der Waals surface area contributed by atoms with Gasteiger partial charge in [0.25, 0.3) is 0 Å². The van der Waals surface area contributed by atoms with Crippen LogP contribution in [0.3, 0.4) is 0 Å². The summed E-state index contributed by atoms with van der Waals surface area (Å²) in [5.74, 6) is -2.02. The fourth-order valence-corrected chi connectivity index (χ4v) is 11.0. The van der Waals surface area contributed by atoms with Crippen molar-refractivity contribution in [2.24, 2.45) is 11.8 Å². The summed E-state index contributed by atoms with van der Waals surface area (Å²) < 4.78 is 0. The number of allylic oxidation sites excluding steroid dienone is 4. The van der Waals surface area contributed by atoms with Gasteiger partial charge in [-0.25, -0.2) is 0 Å². The number of fused-ring (bicyclic) bond motifs is 2. The fourth-order valence-electron chi connectivity index (χ4n) is 6.79. The van der Waals surface area contributed by atoms with Gasteiger partial charge in [0, 0.05) is 53.5 Å². The van der Waals surface area contributed by atoms with Crippen LogP contribution in [0.15, 0.2) is 116 Å². The van der Waals surface area contributed by atoms with Crippen LogP contribution in [0.5, 0.6) is 0 Å². The number of carbonyl (C=O) groups is 2. The molecule has 2 atom stereocenters. The van der Waals surface area contributed by atoms with Crippen molar-refractivity contribution in [1.29, 1.82) is 0 Å². The molecule has 0 amide bonds. The molecule has 0 N–H and O–H groups in total. The Labute approximate surface area is 320 Å². The molecule has 0 bridgehead atoms. The second kappa shape index (κ2) is 14.7. The average Bonchev–Trinajstić information content (AvgIpc) is 3.96. The number of hydrogen-bond acceptors (Lipinski definition) is 10. The van der Waals surface area contributed by atoms with E-state index in [9.17, 15) is 19.8 Å². The Morgan fingerprint density at radius 2 is 1.04 bits per heavy atom. The van der Waals surface area contributed by atoms with Gasteiger partial charge in [0.15, 0.2) is 11.6 Å².